The number of H-pyrrole nitrogens is 1. The van der Waals surface area contributed by atoms with E-state index in [-0.39, 0.29) is 5.75 Å². The molecule has 6 nitrogen and oxygen atoms in total. The summed E-state index contributed by atoms with van der Waals surface area (Å²) < 4.78 is 10.5. The molecule has 1 aromatic heterocycles. The SMILES string of the molecule is COc1ccc(-c2nc(-c3cccc(O)c3)n[nH]2)cc1OC. The number of aromatic amines is 1. The van der Waals surface area contributed by atoms with Crippen molar-refractivity contribution in [2.24, 2.45) is 0 Å². The van der Waals surface area contributed by atoms with Crippen LogP contribution >= 0.6 is 0 Å². The third kappa shape index (κ3) is 2.58. The van der Waals surface area contributed by atoms with E-state index in [4.69, 9.17) is 9.47 Å². The van der Waals surface area contributed by atoms with E-state index in [0.29, 0.717) is 23.1 Å². The molecule has 0 radical (unpaired) electrons. The second kappa shape index (κ2) is 5.77. The number of nitrogens with one attached hydrogen (secondary N) is 1. The first-order chi connectivity index (χ1) is 10.7. The van der Waals surface area contributed by atoms with E-state index < -0.39 is 0 Å². The second-order valence-corrected chi connectivity index (χ2v) is 4.63. The molecule has 0 amide bonds. The Morgan fingerprint density at radius 3 is 2.50 bits per heavy atom. The number of phenolic OH excluding ortho intramolecular Hbond substituents is 1. The molecule has 0 atom stereocenters. The molecular weight excluding hydrogens is 282 g/mol. The summed E-state index contributed by atoms with van der Waals surface area (Å²) in [5, 5.41) is 16.6. The van der Waals surface area contributed by atoms with Crippen molar-refractivity contribution < 1.29 is 14.6 Å². The van der Waals surface area contributed by atoms with Crippen molar-refractivity contribution >= 4 is 0 Å². The molecule has 6 heteroatoms. The van der Waals surface area contributed by atoms with E-state index in [0.717, 1.165) is 11.1 Å². The first-order valence-electron chi connectivity index (χ1n) is 6.65. The summed E-state index contributed by atoms with van der Waals surface area (Å²) in [6.45, 7) is 0. The standard InChI is InChI=1S/C16H15N3O3/c1-21-13-7-6-11(9-14(13)22-2)16-17-15(18-19-16)10-4-3-5-12(20)8-10/h3-9,20H,1-2H3,(H,17,18,19). The third-order valence-electron chi connectivity index (χ3n) is 3.25. The van der Waals surface area contributed by atoms with Gasteiger partial charge in [-0.1, -0.05) is 12.1 Å². The third-order valence-corrected chi connectivity index (χ3v) is 3.25. The molecule has 0 fully saturated rings. The lowest BCUT2D eigenvalue weighted by Gasteiger charge is -2.07. The maximum Gasteiger partial charge on any atom is 0.181 e. The predicted octanol–water partition coefficient (Wildman–Crippen LogP) is 2.86. The Morgan fingerprint density at radius 2 is 1.77 bits per heavy atom. The van der Waals surface area contributed by atoms with Gasteiger partial charge in [-0.15, -0.1) is 0 Å². The highest BCUT2D eigenvalue weighted by Gasteiger charge is 2.11. The first kappa shape index (κ1) is 13.9. The molecule has 0 aliphatic heterocycles. The summed E-state index contributed by atoms with van der Waals surface area (Å²) in [5.74, 6) is 2.57. The summed E-state index contributed by atoms with van der Waals surface area (Å²) in [4.78, 5) is 4.45. The summed E-state index contributed by atoms with van der Waals surface area (Å²) in [6.07, 6.45) is 0. The highest BCUT2D eigenvalue weighted by atomic mass is 16.5. The number of benzene rings is 2. The summed E-state index contributed by atoms with van der Waals surface area (Å²) in [5.41, 5.74) is 1.57. The van der Waals surface area contributed by atoms with Gasteiger partial charge >= 0.3 is 0 Å². The van der Waals surface area contributed by atoms with Crippen molar-refractivity contribution in [1.29, 1.82) is 0 Å². The van der Waals surface area contributed by atoms with Crippen LogP contribution in [0, 0.1) is 0 Å². The number of methoxy groups -OCH3 is 2. The maximum atomic E-state index is 9.53. The molecule has 1 heterocycles. The van der Waals surface area contributed by atoms with Gasteiger partial charge < -0.3 is 14.6 Å². The average molecular weight is 297 g/mol. The Labute approximate surface area is 127 Å². The minimum absolute atomic E-state index is 0.176. The van der Waals surface area contributed by atoms with Crippen LogP contribution in [0.25, 0.3) is 22.8 Å². The van der Waals surface area contributed by atoms with Crippen LogP contribution in [0.5, 0.6) is 17.2 Å². The van der Waals surface area contributed by atoms with Crippen LogP contribution in [0.2, 0.25) is 0 Å². The number of rotatable bonds is 4. The van der Waals surface area contributed by atoms with Crippen molar-refractivity contribution in [2.75, 3.05) is 14.2 Å². The van der Waals surface area contributed by atoms with E-state index in [1.165, 1.54) is 0 Å². The number of hydrogen-bond acceptors (Lipinski definition) is 5. The Bertz CT molecular complexity index is 799. The van der Waals surface area contributed by atoms with Crippen LogP contribution < -0.4 is 9.47 Å². The molecule has 3 rings (SSSR count). The van der Waals surface area contributed by atoms with Gasteiger partial charge in [0.25, 0.3) is 0 Å². The molecule has 22 heavy (non-hydrogen) atoms. The zero-order chi connectivity index (χ0) is 15.5. The molecule has 112 valence electrons. The van der Waals surface area contributed by atoms with Gasteiger partial charge in [0, 0.05) is 11.1 Å². The lowest BCUT2D eigenvalue weighted by Crippen LogP contribution is -1.91. The van der Waals surface area contributed by atoms with Crippen LogP contribution in [0.15, 0.2) is 42.5 Å². The zero-order valence-electron chi connectivity index (χ0n) is 12.2. The van der Waals surface area contributed by atoms with E-state index in [2.05, 4.69) is 15.2 Å². The fourth-order valence-electron chi connectivity index (χ4n) is 2.15. The van der Waals surface area contributed by atoms with Crippen molar-refractivity contribution in [3.8, 4) is 40.0 Å². The molecule has 0 saturated heterocycles. The molecule has 3 aromatic rings. The zero-order valence-corrected chi connectivity index (χ0v) is 12.2. The monoisotopic (exact) mass is 297 g/mol. The van der Waals surface area contributed by atoms with Gasteiger partial charge in [0.05, 0.1) is 14.2 Å². The second-order valence-electron chi connectivity index (χ2n) is 4.63. The van der Waals surface area contributed by atoms with Gasteiger partial charge in [-0.05, 0) is 30.3 Å². The quantitative estimate of drug-likeness (QED) is 0.774. The van der Waals surface area contributed by atoms with Crippen LogP contribution in [-0.4, -0.2) is 34.5 Å². The fourth-order valence-corrected chi connectivity index (χ4v) is 2.15. The average Bonchev–Trinajstić information content (AvgIpc) is 3.04. The van der Waals surface area contributed by atoms with Gasteiger partial charge in [-0.25, -0.2) is 4.98 Å². The van der Waals surface area contributed by atoms with Crippen LogP contribution in [0.1, 0.15) is 0 Å². The normalized spacial score (nSPS) is 10.5. The Balaban J connectivity index is 1.97. The highest BCUT2D eigenvalue weighted by molar-refractivity contribution is 5.64. The molecule has 2 aromatic carbocycles. The summed E-state index contributed by atoms with van der Waals surface area (Å²) >= 11 is 0. The van der Waals surface area contributed by atoms with Crippen molar-refractivity contribution in [2.45, 2.75) is 0 Å². The minimum Gasteiger partial charge on any atom is -0.508 e. The van der Waals surface area contributed by atoms with Crippen molar-refractivity contribution in [3.63, 3.8) is 0 Å². The topological polar surface area (TPSA) is 80.3 Å². The van der Waals surface area contributed by atoms with Gasteiger partial charge in [-0.3, -0.25) is 5.10 Å². The molecule has 0 spiro atoms. The molecule has 2 N–H and O–H groups in total. The van der Waals surface area contributed by atoms with Crippen LogP contribution in [0.3, 0.4) is 0 Å². The minimum atomic E-state index is 0.176. The Hall–Kier alpha value is -3.02. The number of phenols is 1. The number of nitrogens with zero attached hydrogens (tertiary/aromatic N) is 2. The summed E-state index contributed by atoms with van der Waals surface area (Å²) in [7, 11) is 3.17. The van der Waals surface area contributed by atoms with Gasteiger partial charge in [0.1, 0.15) is 5.75 Å². The molecule has 0 saturated carbocycles. The smallest absolute Gasteiger partial charge is 0.181 e. The first-order valence-corrected chi connectivity index (χ1v) is 6.65. The van der Waals surface area contributed by atoms with Gasteiger partial charge in [-0.2, -0.15) is 5.10 Å². The van der Waals surface area contributed by atoms with Crippen molar-refractivity contribution in [3.05, 3.63) is 42.5 Å². The molecule has 0 aliphatic carbocycles. The molecular formula is C16H15N3O3. The summed E-state index contributed by atoms with van der Waals surface area (Å²) in [6, 6.07) is 12.3. The predicted molar refractivity (Wildman–Crippen MR) is 82.0 cm³/mol. The number of aromatic nitrogens is 3. The van der Waals surface area contributed by atoms with E-state index in [9.17, 15) is 5.11 Å². The van der Waals surface area contributed by atoms with E-state index in [1.807, 2.05) is 24.3 Å². The maximum absolute atomic E-state index is 9.53. The number of hydrogen-bond donors (Lipinski definition) is 2. The van der Waals surface area contributed by atoms with Crippen molar-refractivity contribution in [1.82, 2.24) is 15.2 Å². The van der Waals surface area contributed by atoms with Crippen LogP contribution in [0.4, 0.5) is 0 Å². The number of aromatic hydroxyl groups is 1. The number of ether oxygens (including phenoxy) is 2. The molecule has 0 bridgehead atoms. The highest BCUT2D eigenvalue weighted by Crippen LogP contribution is 2.31. The molecule has 0 unspecified atom stereocenters. The van der Waals surface area contributed by atoms with E-state index in [1.54, 1.807) is 32.4 Å². The fraction of sp³-hybridized carbons (Fsp3) is 0.125. The Morgan fingerprint density at radius 1 is 0.955 bits per heavy atom. The lowest BCUT2D eigenvalue weighted by molar-refractivity contribution is 0.355. The Kier molecular flexibility index (Phi) is 3.65. The van der Waals surface area contributed by atoms with Gasteiger partial charge in [0.15, 0.2) is 23.1 Å². The van der Waals surface area contributed by atoms with Gasteiger partial charge in [0.2, 0.25) is 0 Å². The molecule has 0 aliphatic rings. The lowest BCUT2D eigenvalue weighted by atomic mass is 10.2. The van der Waals surface area contributed by atoms with E-state index >= 15 is 0 Å². The van der Waals surface area contributed by atoms with Crippen LogP contribution in [-0.2, 0) is 0 Å². The largest absolute Gasteiger partial charge is 0.508 e.